The molecule has 0 amide bonds. The van der Waals surface area contributed by atoms with Gasteiger partial charge in [0.1, 0.15) is 11.2 Å². The summed E-state index contributed by atoms with van der Waals surface area (Å²) < 4.78 is 48.8. The van der Waals surface area contributed by atoms with Crippen molar-refractivity contribution in [3.8, 4) is 28.3 Å². The number of nitrogens with zero attached hydrogens (tertiary/aromatic N) is 5. The molecule has 0 N–H and O–H groups in total. The fourth-order valence-electron chi connectivity index (χ4n) is 4.85. The van der Waals surface area contributed by atoms with Crippen molar-refractivity contribution in [1.29, 1.82) is 0 Å². The number of carbonyl (C=O) groups excluding carboxylic acids is 1. The first-order chi connectivity index (χ1) is 18.7. The fraction of sp³-hybridized carbons (Fsp3) is 0.179. The second kappa shape index (κ2) is 9.19. The molecule has 1 aliphatic heterocycles. The van der Waals surface area contributed by atoms with E-state index in [4.69, 9.17) is 4.42 Å². The Morgan fingerprint density at radius 3 is 2.56 bits per heavy atom. The van der Waals surface area contributed by atoms with E-state index in [0.717, 1.165) is 16.3 Å². The van der Waals surface area contributed by atoms with E-state index in [1.807, 2.05) is 19.1 Å². The van der Waals surface area contributed by atoms with Gasteiger partial charge in [0.05, 0.1) is 24.0 Å². The maximum absolute atomic E-state index is 14.2. The molecule has 1 saturated heterocycles. The number of fused-ring (bicyclic) bond motifs is 1. The molecule has 2 aromatic carbocycles. The predicted octanol–water partition coefficient (Wildman–Crippen LogP) is 5.21. The normalized spacial score (nSPS) is 13.9. The molecule has 0 aliphatic carbocycles. The highest BCUT2D eigenvalue weighted by molar-refractivity contribution is 5.92. The Balaban J connectivity index is 1.62. The van der Waals surface area contributed by atoms with Gasteiger partial charge in [0.15, 0.2) is 17.9 Å². The number of aromatic nitrogens is 4. The second-order valence-electron chi connectivity index (χ2n) is 9.33. The molecule has 11 heteroatoms. The topological polar surface area (TPSA) is 94.1 Å². The first-order valence-corrected chi connectivity index (χ1v) is 12.1. The number of halogens is 3. The molecule has 1 aliphatic rings. The van der Waals surface area contributed by atoms with Gasteiger partial charge in [-0.25, -0.2) is 4.98 Å². The van der Waals surface area contributed by atoms with Crippen LogP contribution in [-0.4, -0.2) is 38.6 Å². The molecule has 39 heavy (non-hydrogen) atoms. The van der Waals surface area contributed by atoms with Crippen molar-refractivity contribution >= 4 is 22.4 Å². The van der Waals surface area contributed by atoms with Gasteiger partial charge in [0.2, 0.25) is 0 Å². The highest BCUT2D eigenvalue weighted by atomic mass is 19.4. The number of ketones is 1. The van der Waals surface area contributed by atoms with E-state index < -0.39 is 23.0 Å². The number of anilines is 1. The van der Waals surface area contributed by atoms with Crippen molar-refractivity contribution < 1.29 is 22.4 Å². The number of hydrogen-bond donors (Lipinski definition) is 0. The number of rotatable bonds is 4. The summed E-state index contributed by atoms with van der Waals surface area (Å²) in [4.78, 5) is 35.3. The minimum Gasteiger partial charge on any atom is -0.444 e. The lowest BCUT2D eigenvalue weighted by Gasteiger charge is -2.21. The maximum Gasteiger partial charge on any atom is 0.418 e. The predicted molar refractivity (Wildman–Crippen MR) is 138 cm³/mol. The first-order valence-electron chi connectivity index (χ1n) is 12.1. The monoisotopic (exact) mass is 531 g/mol. The quantitative estimate of drug-likeness (QED) is 0.314. The molecule has 0 saturated carbocycles. The van der Waals surface area contributed by atoms with Crippen LogP contribution in [0, 0.1) is 6.92 Å². The molecule has 6 rings (SSSR count). The van der Waals surface area contributed by atoms with Gasteiger partial charge in [-0.2, -0.15) is 23.0 Å². The van der Waals surface area contributed by atoms with Crippen LogP contribution in [-0.2, 0) is 11.0 Å². The summed E-state index contributed by atoms with van der Waals surface area (Å²) in [6.45, 7) is 2.33. The van der Waals surface area contributed by atoms with Crippen LogP contribution in [0.15, 0.2) is 76.5 Å². The largest absolute Gasteiger partial charge is 0.444 e. The number of aryl methyl sites for hydroxylation is 1. The smallest absolute Gasteiger partial charge is 0.418 e. The molecule has 0 radical (unpaired) electrons. The number of Topliss-reactive ketones (excluding diaryl/α,β-unsaturated/α-hetero) is 1. The van der Waals surface area contributed by atoms with Crippen LogP contribution in [0.2, 0.25) is 0 Å². The molecule has 0 unspecified atom stereocenters. The molecule has 5 aromatic rings. The van der Waals surface area contributed by atoms with Crippen molar-refractivity contribution in [1.82, 2.24) is 19.7 Å². The van der Waals surface area contributed by atoms with E-state index in [2.05, 4.69) is 15.1 Å². The van der Waals surface area contributed by atoms with Crippen LogP contribution in [0.25, 0.3) is 39.2 Å². The number of carbonyl (C=O) groups is 1. The summed E-state index contributed by atoms with van der Waals surface area (Å²) in [5, 5.41) is 4.89. The summed E-state index contributed by atoms with van der Waals surface area (Å²) in [6, 6.07) is 12.2. The summed E-state index contributed by atoms with van der Waals surface area (Å²) >= 11 is 0. The van der Waals surface area contributed by atoms with Crippen LogP contribution >= 0.6 is 0 Å². The highest BCUT2D eigenvalue weighted by Crippen LogP contribution is 2.37. The zero-order valence-corrected chi connectivity index (χ0v) is 20.6. The molecule has 1 fully saturated rings. The van der Waals surface area contributed by atoms with Gasteiger partial charge in [-0.15, -0.1) is 0 Å². The lowest BCUT2D eigenvalue weighted by Crippen LogP contribution is -2.27. The van der Waals surface area contributed by atoms with Gasteiger partial charge in [-0.1, -0.05) is 0 Å². The van der Waals surface area contributed by atoms with Gasteiger partial charge >= 0.3 is 6.18 Å². The SMILES string of the molecule is Cc1cc(-c2cnco2)cc(-c2nn(-c3cc(N4CCC(=O)C4)ccc3C(F)(F)F)c(=O)c3ncccc23)c1. The van der Waals surface area contributed by atoms with Crippen molar-refractivity contribution in [3.63, 3.8) is 0 Å². The first kappa shape index (κ1) is 24.5. The van der Waals surface area contributed by atoms with Gasteiger partial charge in [0.25, 0.3) is 5.56 Å². The van der Waals surface area contributed by atoms with Crippen molar-refractivity contribution in [3.05, 3.63) is 88.8 Å². The third-order valence-corrected chi connectivity index (χ3v) is 6.63. The zero-order valence-electron chi connectivity index (χ0n) is 20.6. The number of alkyl halides is 3. The van der Waals surface area contributed by atoms with E-state index in [-0.39, 0.29) is 23.5 Å². The molecule has 3 aromatic heterocycles. The Kier molecular flexibility index (Phi) is 5.78. The van der Waals surface area contributed by atoms with Crippen LogP contribution in [0.1, 0.15) is 17.5 Å². The van der Waals surface area contributed by atoms with Crippen LogP contribution in [0.5, 0.6) is 0 Å². The molecule has 0 bridgehead atoms. The zero-order chi connectivity index (χ0) is 27.3. The minimum absolute atomic E-state index is 0.00839. The molecule has 8 nitrogen and oxygen atoms in total. The average molecular weight is 531 g/mol. The minimum atomic E-state index is -4.77. The third-order valence-electron chi connectivity index (χ3n) is 6.63. The summed E-state index contributed by atoms with van der Waals surface area (Å²) in [5.41, 5.74) is 0.463. The van der Waals surface area contributed by atoms with E-state index >= 15 is 0 Å². The van der Waals surface area contributed by atoms with Gasteiger partial charge < -0.3 is 9.32 Å². The third kappa shape index (κ3) is 4.45. The fourth-order valence-corrected chi connectivity index (χ4v) is 4.85. The van der Waals surface area contributed by atoms with Crippen molar-refractivity contribution in [2.45, 2.75) is 19.5 Å². The van der Waals surface area contributed by atoms with Crippen LogP contribution < -0.4 is 10.5 Å². The molecule has 0 atom stereocenters. The average Bonchev–Trinajstić information content (AvgIpc) is 3.60. The van der Waals surface area contributed by atoms with E-state index in [9.17, 15) is 22.8 Å². The van der Waals surface area contributed by atoms with Gasteiger partial charge in [-0.3, -0.25) is 14.6 Å². The molecular weight excluding hydrogens is 511 g/mol. The Labute approximate surface area is 219 Å². The number of oxazole rings is 1. The Morgan fingerprint density at radius 2 is 1.85 bits per heavy atom. The standard InChI is InChI=1S/C28H20F3N5O3/c1-16-9-17(24-13-32-15-39-24)11-18(10-16)25-21-3-2-7-33-26(21)27(38)36(34-25)23-12-19(35-8-6-20(37)14-35)4-5-22(23)28(29,30)31/h2-5,7,9-13,15H,6,8,14H2,1H3. The highest BCUT2D eigenvalue weighted by Gasteiger charge is 2.36. The molecular formula is C28H20F3N5O3. The Hall–Kier alpha value is -4.80. The molecule has 0 spiro atoms. The van der Waals surface area contributed by atoms with Gasteiger partial charge in [-0.05, 0) is 61.0 Å². The van der Waals surface area contributed by atoms with Crippen LogP contribution in [0.3, 0.4) is 0 Å². The van der Waals surface area contributed by atoms with Gasteiger partial charge in [0, 0.05) is 41.4 Å². The summed E-state index contributed by atoms with van der Waals surface area (Å²) in [7, 11) is 0. The molecule has 4 heterocycles. The number of benzene rings is 2. The van der Waals surface area contributed by atoms with E-state index in [0.29, 0.717) is 40.9 Å². The second-order valence-corrected chi connectivity index (χ2v) is 9.33. The number of hydrogen-bond acceptors (Lipinski definition) is 7. The summed E-state index contributed by atoms with van der Waals surface area (Å²) in [5.74, 6) is 0.494. The van der Waals surface area contributed by atoms with E-state index in [1.54, 1.807) is 29.3 Å². The molecule has 196 valence electrons. The lowest BCUT2D eigenvalue weighted by molar-refractivity contribution is -0.137. The maximum atomic E-state index is 14.2. The summed E-state index contributed by atoms with van der Waals surface area (Å²) in [6.07, 6.45) is -0.201. The number of pyridine rings is 1. The van der Waals surface area contributed by atoms with Crippen molar-refractivity contribution in [2.75, 3.05) is 18.0 Å². The Bertz CT molecular complexity index is 1800. The Morgan fingerprint density at radius 1 is 1.03 bits per heavy atom. The van der Waals surface area contributed by atoms with E-state index in [1.165, 1.54) is 24.7 Å². The van der Waals surface area contributed by atoms with Crippen molar-refractivity contribution in [2.24, 2.45) is 0 Å². The van der Waals surface area contributed by atoms with Crippen LogP contribution in [0.4, 0.5) is 18.9 Å². The lowest BCUT2D eigenvalue weighted by atomic mass is 10.0.